The molecule has 0 atom stereocenters. The van der Waals surface area contributed by atoms with Crippen molar-refractivity contribution in [1.82, 2.24) is 5.32 Å². The van der Waals surface area contributed by atoms with Crippen molar-refractivity contribution in [3.05, 3.63) is 29.3 Å². The molecule has 0 heterocycles. The molecule has 0 aromatic heterocycles. The highest BCUT2D eigenvalue weighted by atomic mass is 16.2. The number of carbonyl (C=O) groups excluding carboxylic acids is 1. The Morgan fingerprint density at radius 1 is 1.28 bits per heavy atom. The van der Waals surface area contributed by atoms with Gasteiger partial charge in [0.2, 0.25) is 5.91 Å². The van der Waals surface area contributed by atoms with E-state index >= 15 is 0 Å². The first-order chi connectivity index (χ1) is 8.57. The lowest BCUT2D eigenvalue weighted by molar-refractivity contribution is -0.129. The van der Waals surface area contributed by atoms with Crippen LogP contribution < -0.4 is 10.6 Å². The van der Waals surface area contributed by atoms with Gasteiger partial charge < -0.3 is 10.6 Å². The van der Waals surface area contributed by atoms with Gasteiger partial charge in [0.1, 0.15) is 0 Å². The molecular weight excluding hydrogens is 224 g/mol. The van der Waals surface area contributed by atoms with Crippen molar-refractivity contribution in [2.24, 2.45) is 5.41 Å². The molecule has 1 aromatic rings. The van der Waals surface area contributed by atoms with Crippen LogP contribution in [0, 0.1) is 19.3 Å². The molecule has 3 heteroatoms. The monoisotopic (exact) mass is 246 g/mol. The van der Waals surface area contributed by atoms with Gasteiger partial charge in [-0.15, -0.1) is 0 Å². The molecule has 3 nitrogen and oxygen atoms in total. The first-order valence-electron chi connectivity index (χ1n) is 6.61. The molecule has 1 aliphatic carbocycles. The van der Waals surface area contributed by atoms with E-state index in [9.17, 15) is 4.79 Å². The van der Waals surface area contributed by atoms with Crippen LogP contribution in [0.2, 0.25) is 0 Å². The minimum Gasteiger partial charge on any atom is -0.326 e. The number of amides is 1. The Hall–Kier alpha value is -1.35. The van der Waals surface area contributed by atoms with Crippen LogP contribution >= 0.6 is 0 Å². The molecular formula is C15H22N2O. The van der Waals surface area contributed by atoms with Crippen molar-refractivity contribution in [2.45, 2.75) is 33.1 Å². The van der Waals surface area contributed by atoms with Gasteiger partial charge in [-0.25, -0.2) is 0 Å². The lowest BCUT2D eigenvalue weighted by Crippen LogP contribution is -2.48. The standard InChI is InChI=1S/C15H22N2O/c1-11-5-6-13(9-12(11)2)17-14(18)15(10-16-3)7-4-8-15/h5-6,9,16H,4,7-8,10H2,1-3H3,(H,17,18). The number of carbonyl (C=O) groups is 1. The zero-order chi connectivity index (χ0) is 13.2. The Bertz CT molecular complexity index is 450. The van der Waals surface area contributed by atoms with Crippen molar-refractivity contribution < 1.29 is 4.79 Å². The molecule has 0 bridgehead atoms. The molecule has 98 valence electrons. The second-order valence-electron chi connectivity index (χ2n) is 5.42. The number of aryl methyl sites for hydroxylation is 2. The average molecular weight is 246 g/mol. The van der Waals surface area contributed by atoms with E-state index in [4.69, 9.17) is 0 Å². The highest BCUT2D eigenvalue weighted by Gasteiger charge is 2.43. The summed E-state index contributed by atoms with van der Waals surface area (Å²) in [5, 5.41) is 6.20. The molecule has 2 rings (SSSR count). The summed E-state index contributed by atoms with van der Waals surface area (Å²) >= 11 is 0. The smallest absolute Gasteiger partial charge is 0.231 e. The summed E-state index contributed by atoms with van der Waals surface area (Å²) in [6, 6.07) is 6.07. The summed E-state index contributed by atoms with van der Waals surface area (Å²) in [6.07, 6.45) is 3.14. The zero-order valence-corrected chi connectivity index (χ0v) is 11.5. The first kappa shape index (κ1) is 13.1. The van der Waals surface area contributed by atoms with E-state index in [-0.39, 0.29) is 11.3 Å². The van der Waals surface area contributed by atoms with E-state index in [2.05, 4.69) is 30.5 Å². The van der Waals surface area contributed by atoms with E-state index in [1.807, 2.05) is 19.2 Å². The average Bonchev–Trinajstić information content (AvgIpc) is 2.28. The number of hydrogen-bond acceptors (Lipinski definition) is 2. The first-order valence-corrected chi connectivity index (χ1v) is 6.61. The van der Waals surface area contributed by atoms with E-state index in [1.54, 1.807) is 0 Å². The molecule has 18 heavy (non-hydrogen) atoms. The van der Waals surface area contributed by atoms with E-state index < -0.39 is 0 Å². The second kappa shape index (κ2) is 5.11. The summed E-state index contributed by atoms with van der Waals surface area (Å²) in [5.41, 5.74) is 3.18. The van der Waals surface area contributed by atoms with Crippen LogP contribution in [0.25, 0.3) is 0 Å². The number of rotatable bonds is 4. The molecule has 0 unspecified atom stereocenters. The lowest BCUT2D eigenvalue weighted by atomic mass is 9.68. The van der Waals surface area contributed by atoms with Crippen LogP contribution in [0.15, 0.2) is 18.2 Å². The summed E-state index contributed by atoms with van der Waals surface area (Å²) in [5.74, 6) is 0.159. The lowest BCUT2D eigenvalue weighted by Gasteiger charge is -2.40. The largest absolute Gasteiger partial charge is 0.326 e. The highest BCUT2D eigenvalue weighted by molar-refractivity contribution is 5.96. The summed E-state index contributed by atoms with van der Waals surface area (Å²) in [7, 11) is 1.91. The van der Waals surface area contributed by atoms with Gasteiger partial charge in [-0.2, -0.15) is 0 Å². The van der Waals surface area contributed by atoms with E-state index in [0.717, 1.165) is 31.5 Å². The number of hydrogen-bond donors (Lipinski definition) is 2. The fourth-order valence-corrected chi connectivity index (χ4v) is 2.51. The molecule has 0 saturated heterocycles. The normalized spacial score (nSPS) is 17.1. The predicted molar refractivity (Wildman–Crippen MR) is 74.8 cm³/mol. The molecule has 0 spiro atoms. The molecule has 1 saturated carbocycles. The molecule has 1 aliphatic rings. The van der Waals surface area contributed by atoms with Crippen molar-refractivity contribution in [2.75, 3.05) is 18.9 Å². The van der Waals surface area contributed by atoms with Crippen LogP contribution in [0.4, 0.5) is 5.69 Å². The molecule has 0 radical (unpaired) electrons. The van der Waals surface area contributed by atoms with Crippen molar-refractivity contribution in [1.29, 1.82) is 0 Å². The van der Waals surface area contributed by atoms with Crippen LogP contribution in [0.5, 0.6) is 0 Å². The van der Waals surface area contributed by atoms with Gasteiger partial charge in [0, 0.05) is 12.2 Å². The van der Waals surface area contributed by atoms with Gasteiger partial charge in [-0.1, -0.05) is 12.5 Å². The molecule has 1 aromatic carbocycles. The fourth-order valence-electron chi connectivity index (χ4n) is 2.51. The third-order valence-electron chi connectivity index (χ3n) is 4.07. The summed E-state index contributed by atoms with van der Waals surface area (Å²) in [6.45, 7) is 4.91. The quantitative estimate of drug-likeness (QED) is 0.857. The van der Waals surface area contributed by atoms with E-state index in [0.29, 0.717) is 0 Å². The third kappa shape index (κ3) is 2.41. The van der Waals surface area contributed by atoms with Crippen molar-refractivity contribution >= 4 is 11.6 Å². The maximum absolute atomic E-state index is 12.4. The summed E-state index contributed by atoms with van der Waals surface area (Å²) < 4.78 is 0. The number of anilines is 1. The highest BCUT2D eigenvalue weighted by Crippen LogP contribution is 2.41. The SMILES string of the molecule is CNCC1(C(=O)Nc2ccc(C)c(C)c2)CCC1. The van der Waals surface area contributed by atoms with Gasteiger partial charge in [-0.05, 0) is 57.0 Å². The second-order valence-corrected chi connectivity index (χ2v) is 5.42. The van der Waals surface area contributed by atoms with Gasteiger partial charge in [-0.3, -0.25) is 4.79 Å². The van der Waals surface area contributed by atoms with Crippen molar-refractivity contribution in [3.63, 3.8) is 0 Å². The fraction of sp³-hybridized carbons (Fsp3) is 0.533. The summed E-state index contributed by atoms with van der Waals surface area (Å²) in [4.78, 5) is 12.4. The number of nitrogens with one attached hydrogen (secondary N) is 2. The van der Waals surface area contributed by atoms with Crippen LogP contribution in [0.1, 0.15) is 30.4 Å². The maximum atomic E-state index is 12.4. The van der Waals surface area contributed by atoms with Gasteiger partial charge in [0.15, 0.2) is 0 Å². The van der Waals surface area contributed by atoms with Crippen LogP contribution in [-0.2, 0) is 4.79 Å². The van der Waals surface area contributed by atoms with Gasteiger partial charge >= 0.3 is 0 Å². The Morgan fingerprint density at radius 3 is 2.50 bits per heavy atom. The third-order valence-corrected chi connectivity index (χ3v) is 4.07. The Morgan fingerprint density at radius 2 is 2.00 bits per heavy atom. The van der Waals surface area contributed by atoms with E-state index in [1.165, 1.54) is 11.1 Å². The Labute approximate surface area is 109 Å². The topological polar surface area (TPSA) is 41.1 Å². The molecule has 2 N–H and O–H groups in total. The maximum Gasteiger partial charge on any atom is 0.231 e. The Balaban J connectivity index is 2.08. The van der Waals surface area contributed by atoms with Gasteiger partial charge in [0.05, 0.1) is 5.41 Å². The zero-order valence-electron chi connectivity index (χ0n) is 11.5. The van der Waals surface area contributed by atoms with Crippen LogP contribution in [0.3, 0.4) is 0 Å². The van der Waals surface area contributed by atoms with Gasteiger partial charge in [0.25, 0.3) is 0 Å². The van der Waals surface area contributed by atoms with Crippen LogP contribution in [-0.4, -0.2) is 19.5 Å². The van der Waals surface area contributed by atoms with Crippen molar-refractivity contribution in [3.8, 4) is 0 Å². The minimum atomic E-state index is -0.187. The number of benzene rings is 1. The molecule has 1 fully saturated rings. The molecule has 0 aliphatic heterocycles. The minimum absolute atomic E-state index is 0.159. The predicted octanol–water partition coefficient (Wildman–Crippen LogP) is 2.63. The Kier molecular flexibility index (Phi) is 3.71. The molecule has 1 amide bonds.